The summed E-state index contributed by atoms with van der Waals surface area (Å²) < 4.78 is 15.9. The molecule has 0 aromatic rings. The van der Waals surface area contributed by atoms with Crippen LogP contribution in [-0.2, 0) is 12.5 Å². The van der Waals surface area contributed by atoms with Gasteiger partial charge < -0.3 is 28.5 Å². The molecular formula is C9H18INO5. The van der Waals surface area contributed by atoms with Gasteiger partial charge in [-0.3, -0.25) is 0 Å². The van der Waals surface area contributed by atoms with Gasteiger partial charge in [-0.2, -0.15) is 0 Å². The van der Waals surface area contributed by atoms with Gasteiger partial charge in [0.15, 0.2) is 6.29 Å². The van der Waals surface area contributed by atoms with Crippen molar-refractivity contribution in [1.29, 1.82) is 0 Å². The summed E-state index contributed by atoms with van der Waals surface area (Å²) in [5, 5.41) is 18.9. The van der Waals surface area contributed by atoms with Crippen LogP contribution in [0.5, 0.6) is 0 Å². The van der Waals surface area contributed by atoms with Gasteiger partial charge in [-0.15, -0.1) is 0 Å². The lowest BCUT2D eigenvalue weighted by Crippen LogP contribution is -2.63. The third-order valence-corrected chi connectivity index (χ3v) is 3.00. The fraction of sp³-hybridized carbons (Fsp3) is 1.00. The molecule has 0 amide bonds. The maximum Gasteiger partial charge on any atom is 0.176 e. The first-order valence-corrected chi connectivity index (χ1v) is 6.02. The third-order valence-electron chi connectivity index (χ3n) is 2.41. The van der Waals surface area contributed by atoms with E-state index in [2.05, 4.69) is 0 Å². The highest BCUT2D eigenvalue weighted by Crippen LogP contribution is 2.25. The molecule has 0 aromatic carbocycles. The largest absolute Gasteiger partial charge is 0.394 e. The summed E-state index contributed by atoms with van der Waals surface area (Å²) in [6, 6.07) is -0.586. The lowest BCUT2D eigenvalue weighted by atomic mass is 9.98. The quantitative estimate of drug-likeness (QED) is 0.597. The van der Waals surface area contributed by atoms with Gasteiger partial charge in [0.25, 0.3) is 0 Å². The van der Waals surface area contributed by atoms with E-state index >= 15 is 0 Å². The molecule has 4 N–H and O–H groups in total. The number of aliphatic hydroxyl groups excluding tert-OH is 2. The maximum absolute atomic E-state index is 9.80. The molecule has 5 unspecified atom stereocenters. The van der Waals surface area contributed by atoms with Crippen molar-refractivity contribution in [3.63, 3.8) is 0 Å². The van der Waals surface area contributed by atoms with E-state index in [9.17, 15) is 5.11 Å². The second-order valence-corrected chi connectivity index (χ2v) is 4.54. The van der Waals surface area contributed by atoms with Crippen LogP contribution in [0.4, 0.5) is 0 Å². The monoisotopic (exact) mass is 347 g/mol. The van der Waals surface area contributed by atoms with Crippen molar-refractivity contribution in [1.82, 2.24) is 0 Å². The van der Waals surface area contributed by atoms with E-state index in [-0.39, 0.29) is 12.7 Å². The Bertz CT molecular complexity index is 218. The normalized spacial score (nSPS) is 40.3. The molecule has 96 valence electrons. The van der Waals surface area contributed by atoms with E-state index in [1.807, 2.05) is 13.8 Å². The summed E-state index contributed by atoms with van der Waals surface area (Å²) in [5.41, 5.74) is 5.87. The van der Waals surface area contributed by atoms with Crippen LogP contribution in [-0.4, -0.2) is 53.6 Å². The van der Waals surface area contributed by atoms with Crippen LogP contribution in [0.2, 0.25) is 0 Å². The SMILES string of the molecule is CC(C)OC1OC(CO)C(O)C(OI)C1N. The van der Waals surface area contributed by atoms with Gasteiger partial charge in [-0.05, 0) is 13.8 Å². The van der Waals surface area contributed by atoms with Gasteiger partial charge in [0.05, 0.1) is 18.8 Å². The molecule has 0 radical (unpaired) electrons. The minimum Gasteiger partial charge on any atom is -0.394 e. The van der Waals surface area contributed by atoms with Crippen molar-refractivity contribution < 1.29 is 22.8 Å². The Hall–Kier alpha value is 0.490. The van der Waals surface area contributed by atoms with Crippen molar-refractivity contribution >= 4 is 23.0 Å². The zero-order chi connectivity index (χ0) is 12.3. The summed E-state index contributed by atoms with van der Waals surface area (Å²) in [6.07, 6.45) is -3.04. The molecule has 1 heterocycles. The molecule has 1 aliphatic rings. The van der Waals surface area contributed by atoms with Crippen molar-refractivity contribution in [3.05, 3.63) is 0 Å². The van der Waals surface area contributed by atoms with Crippen LogP contribution in [0.1, 0.15) is 13.8 Å². The fourth-order valence-electron chi connectivity index (χ4n) is 1.59. The Morgan fingerprint density at radius 3 is 2.56 bits per heavy atom. The number of rotatable bonds is 4. The number of ether oxygens (including phenoxy) is 2. The molecule has 5 atom stereocenters. The fourth-order valence-corrected chi connectivity index (χ4v) is 2.23. The van der Waals surface area contributed by atoms with Crippen LogP contribution in [0.3, 0.4) is 0 Å². The predicted molar refractivity (Wildman–Crippen MR) is 64.8 cm³/mol. The molecule has 0 saturated carbocycles. The minimum atomic E-state index is -0.955. The lowest BCUT2D eigenvalue weighted by molar-refractivity contribution is -0.267. The van der Waals surface area contributed by atoms with Gasteiger partial charge in [-0.25, -0.2) is 0 Å². The van der Waals surface area contributed by atoms with Crippen LogP contribution in [0, 0.1) is 0 Å². The Labute approximate surface area is 109 Å². The number of hydrogen-bond acceptors (Lipinski definition) is 6. The first-order valence-electron chi connectivity index (χ1n) is 5.14. The van der Waals surface area contributed by atoms with Gasteiger partial charge in [0.2, 0.25) is 0 Å². The average Bonchev–Trinajstić information content (AvgIpc) is 2.22. The predicted octanol–water partition coefficient (Wildman–Crippen LogP) is -0.448. The van der Waals surface area contributed by atoms with Gasteiger partial charge in [0.1, 0.15) is 41.3 Å². The third kappa shape index (κ3) is 3.25. The van der Waals surface area contributed by atoms with Crippen LogP contribution < -0.4 is 5.73 Å². The van der Waals surface area contributed by atoms with Crippen LogP contribution in [0.25, 0.3) is 0 Å². The molecule has 1 saturated heterocycles. The number of aliphatic hydroxyl groups is 2. The Morgan fingerprint density at radius 2 is 2.12 bits per heavy atom. The van der Waals surface area contributed by atoms with E-state index in [0.29, 0.717) is 0 Å². The second-order valence-electron chi connectivity index (χ2n) is 4.03. The molecule has 16 heavy (non-hydrogen) atoms. The smallest absolute Gasteiger partial charge is 0.176 e. The maximum atomic E-state index is 9.80. The molecule has 1 aliphatic heterocycles. The zero-order valence-corrected chi connectivity index (χ0v) is 11.4. The zero-order valence-electron chi connectivity index (χ0n) is 9.25. The number of hydrogen-bond donors (Lipinski definition) is 3. The summed E-state index contributed by atoms with van der Waals surface area (Å²) in [4.78, 5) is 0. The molecule has 0 spiro atoms. The number of nitrogens with two attached hydrogens (primary N) is 1. The van der Waals surface area contributed by atoms with Crippen LogP contribution in [0.15, 0.2) is 0 Å². The van der Waals surface area contributed by atoms with Gasteiger partial charge in [0, 0.05) is 0 Å². The highest BCUT2D eigenvalue weighted by molar-refractivity contribution is 14.1. The number of halogens is 1. The molecule has 0 aromatic heterocycles. The topological polar surface area (TPSA) is 94.2 Å². The Kier molecular flexibility index (Phi) is 5.85. The highest BCUT2D eigenvalue weighted by atomic mass is 127. The van der Waals surface area contributed by atoms with Crippen molar-refractivity contribution in [3.8, 4) is 0 Å². The summed E-state index contributed by atoms with van der Waals surface area (Å²) in [6.45, 7) is 3.41. The van der Waals surface area contributed by atoms with Crippen molar-refractivity contribution in [2.75, 3.05) is 6.61 Å². The van der Waals surface area contributed by atoms with E-state index < -0.39 is 30.6 Å². The summed E-state index contributed by atoms with van der Waals surface area (Å²) >= 11 is 1.67. The van der Waals surface area contributed by atoms with Crippen molar-refractivity contribution in [2.24, 2.45) is 5.73 Å². The van der Waals surface area contributed by atoms with Gasteiger partial charge in [-0.1, -0.05) is 0 Å². The molecule has 1 fully saturated rings. The standard InChI is InChI=1S/C9H18INO5/c1-4(2)14-9-6(11)8(16-10)7(13)5(3-12)15-9/h4-9,12-13H,3,11H2,1-2H3. The molecular weight excluding hydrogens is 329 g/mol. The van der Waals surface area contributed by atoms with Crippen molar-refractivity contribution in [2.45, 2.75) is 50.6 Å². The summed E-state index contributed by atoms with van der Waals surface area (Å²) in [7, 11) is 0. The van der Waals surface area contributed by atoms with E-state index in [1.165, 1.54) is 0 Å². The summed E-state index contributed by atoms with van der Waals surface area (Å²) in [5.74, 6) is 0. The molecule has 0 aliphatic carbocycles. The molecule has 6 nitrogen and oxygen atoms in total. The molecule has 0 bridgehead atoms. The highest BCUT2D eigenvalue weighted by Gasteiger charge is 2.44. The lowest BCUT2D eigenvalue weighted by Gasteiger charge is -2.41. The molecule has 1 rings (SSSR count). The van der Waals surface area contributed by atoms with E-state index in [1.54, 1.807) is 23.0 Å². The average molecular weight is 347 g/mol. The van der Waals surface area contributed by atoms with Crippen LogP contribution >= 0.6 is 23.0 Å². The Balaban J connectivity index is 2.72. The Morgan fingerprint density at radius 1 is 1.50 bits per heavy atom. The molecule has 7 heteroatoms. The van der Waals surface area contributed by atoms with Gasteiger partial charge >= 0.3 is 0 Å². The first kappa shape index (κ1) is 14.6. The second kappa shape index (κ2) is 6.43. The minimum absolute atomic E-state index is 0.0551. The van der Waals surface area contributed by atoms with E-state index in [0.717, 1.165) is 0 Å². The van der Waals surface area contributed by atoms with E-state index in [4.69, 9.17) is 23.4 Å². The first-order chi connectivity index (χ1) is 7.51.